The molecule has 5 heteroatoms. The number of hydrogen-bond donors (Lipinski definition) is 0. The summed E-state index contributed by atoms with van der Waals surface area (Å²) in [6, 6.07) is 0. The van der Waals surface area contributed by atoms with Crippen LogP contribution >= 0.6 is 0 Å². The number of hydrogen-bond acceptors (Lipinski definition) is 2. The third kappa shape index (κ3) is 4.31. The molecule has 0 amide bonds. The Bertz CT molecular complexity index is 190. The molecule has 4 nitrogen and oxygen atoms in total. The molecule has 0 aliphatic carbocycles. The van der Waals surface area contributed by atoms with Crippen LogP contribution in [0.4, 0.5) is 0 Å². The van der Waals surface area contributed by atoms with Crippen molar-refractivity contribution in [3.63, 3.8) is 0 Å². The molecule has 0 fully saturated rings. The van der Waals surface area contributed by atoms with Crippen molar-refractivity contribution in [2.75, 3.05) is 28.2 Å². The average Bonchev–Trinajstić information content (AvgIpc) is 2.14. The predicted octanol–water partition coefficient (Wildman–Crippen LogP) is 0.481. The first-order valence-electron chi connectivity index (χ1n) is 4.13. The fourth-order valence-electron chi connectivity index (χ4n) is 0.670. The molecule has 2 radical (unpaired) electrons. The van der Waals surface area contributed by atoms with Crippen molar-refractivity contribution in [1.29, 1.82) is 0 Å². The van der Waals surface area contributed by atoms with E-state index in [9.17, 15) is 0 Å². The minimum absolute atomic E-state index is 0.325. The van der Waals surface area contributed by atoms with Gasteiger partial charge in [0.2, 0.25) is 0 Å². The van der Waals surface area contributed by atoms with Gasteiger partial charge in [0.25, 0.3) is 0 Å². The van der Waals surface area contributed by atoms with E-state index < -0.39 is 0 Å². The van der Waals surface area contributed by atoms with Gasteiger partial charge in [-0.25, -0.2) is 0 Å². The van der Waals surface area contributed by atoms with Crippen molar-refractivity contribution < 1.29 is 0 Å². The van der Waals surface area contributed by atoms with Gasteiger partial charge in [-0.1, -0.05) is 0 Å². The Kier molecular flexibility index (Phi) is 5.78. The Morgan fingerprint density at radius 1 is 0.923 bits per heavy atom. The van der Waals surface area contributed by atoms with Gasteiger partial charge < -0.3 is 0 Å². The summed E-state index contributed by atoms with van der Waals surface area (Å²) in [5, 5.41) is 0. The third-order valence-corrected chi connectivity index (χ3v) is 4.53. The van der Waals surface area contributed by atoms with E-state index in [1.807, 2.05) is 27.9 Å². The van der Waals surface area contributed by atoms with Crippen LogP contribution in [-0.4, -0.2) is 63.5 Å². The number of rotatable bonds is 2. The molecular weight excluding hydrogens is 225 g/mol. The minimum atomic E-state index is -0.325. The summed E-state index contributed by atoms with van der Waals surface area (Å²) in [5.74, 6) is 2.16. The molecule has 74 valence electrons. The van der Waals surface area contributed by atoms with Gasteiger partial charge in [0.15, 0.2) is 0 Å². The van der Waals surface area contributed by atoms with E-state index in [1.54, 1.807) is 0 Å². The van der Waals surface area contributed by atoms with Crippen molar-refractivity contribution in [3.05, 3.63) is 0 Å². The van der Waals surface area contributed by atoms with Crippen molar-refractivity contribution >= 4 is 27.5 Å². The van der Waals surface area contributed by atoms with E-state index in [0.717, 1.165) is 11.7 Å². The molecule has 0 N–H and O–H groups in total. The van der Waals surface area contributed by atoms with Gasteiger partial charge in [0.1, 0.15) is 0 Å². The maximum atomic E-state index is 4.13. The van der Waals surface area contributed by atoms with Gasteiger partial charge in [-0.05, 0) is 0 Å². The molecule has 0 saturated carbocycles. The zero-order valence-electron chi connectivity index (χ0n) is 9.29. The Labute approximate surface area is 87.6 Å². The standard InChI is InChI=1S/C8H18GeN4/c1-7(10-3)12(5)9-13(6)8(2)11-4/h1-6H3. The second-order valence-electron chi connectivity index (χ2n) is 2.76. The van der Waals surface area contributed by atoms with Crippen LogP contribution in [0.1, 0.15) is 13.8 Å². The van der Waals surface area contributed by atoms with Gasteiger partial charge in [-0.3, -0.25) is 0 Å². The summed E-state index contributed by atoms with van der Waals surface area (Å²) in [5.41, 5.74) is 0. The summed E-state index contributed by atoms with van der Waals surface area (Å²) in [6.07, 6.45) is 0. The summed E-state index contributed by atoms with van der Waals surface area (Å²) in [4.78, 5) is 8.27. The van der Waals surface area contributed by atoms with Crippen molar-refractivity contribution in [2.45, 2.75) is 13.8 Å². The molecule has 0 aromatic carbocycles. The van der Waals surface area contributed by atoms with Crippen molar-refractivity contribution in [1.82, 2.24) is 7.71 Å². The van der Waals surface area contributed by atoms with E-state index in [4.69, 9.17) is 0 Å². The Morgan fingerprint density at radius 2 is 1.23 bits per heavy atom. The number of amidine groups is 2. The van der Waals surface area contributed by atoms with E-state index in [2.05, 4.69) is 31.8 Å². The molecule has 0 rings (SSSR count). The second-order valence-corrected chi connectivity index (χ2v) is 5.99. The maximum absolute atomic E-state index is 4.13. The van der Waals surface area contributed by atoms with Gasteiger partial charge >= 0.3 is 87.3 Å². The first-order valence-corrected chi connectivity index (χ1v) is 6.01. The van der Waals surface area contributed by atoms with Gasteiger partial charge in [-0.15, -0.1) is 0 Å². The number of aliphatic imine (C=N–C) groups is 2. The Balaban J connectivity index is 4.14. The van der Waals surface area contributed by atoms with Gasteiger partial charge in [0.05, 0.1) is 0 Å². The summed E-state index contributed by atoms with van der Waals surface area (Å²) in [7, 11) is 7.78. The topological polar surface area (TPSA) is 31.2 Å². The van der Waals surface area contributed by atoms with Crippen molar-refractivity contribution in [2.24, 2.45) is 9.98 Å². The van der Waals surface area contributed by atoms with Gasteiger partial charge in [-0.2, -0.15) is 0 Å². The van der Waals surface area contributed by atoms with E-state index in [-0.39, 0.29) is 15.9 Å². The van der Waals surface area contributed by atoms with Gasteiger partial charge in [0, 0.05) is 0 Å². The Hall–Kier alpha value is -0.517. The van der Waals surface area contributed by atoms with Crippen LogP contribution in [0.3, 0.4) is 0 Å². The van der Waals surface area contributed by atoms with E-state index in [1.165, 1.54) is 0 Å². The molecule has 0 saturated heterocycles. The molecular formula is C8H18GeN4. The monoisotopic (exact) mass is 244 g/mol. The zero-order valence-corrected chi connectivity index (χ0v) is 11.4. The van der Waals surface area contributed by atoms with Crippen LogP contribution in [-0.2, 0) is 0 Å². The molecule has 13 heavy (non-hydrogen) atoms. The molecule has 0 aliphatic heterocycles. The fourth-order valence-corrected chi connectivity index (χ4v) is 2.64. The average molecular weight is 243 g/mol. The molecule has 0 spiro atoms. The van der Waals surface area contributed by atoms with Crippen molar-refractivity contribution in [3.8, 4) is 0 Å². The molecule has 0 unspecified atom stereocenters. The molecule has 0 bridgehead atoms. The van der Waals surface area contributed by atoms with Crippen LogP contribution < -0.4 is 0 Å². The Morgan fingerprint density at radius 3 is 1.46 bits per heavy atom. The first kappa shape index (κ1) is 12.5. The molecule has 0 aromatic rings. The summed E-state index contributed by atoms with van der Waals surface area (Å²) >= 11 is -0.325. The van der Waals surface area contributed by atoms with Crippen LogP contribution in [0.2, 0.25) is 0 Å². The molecule has 0 heterocycles. The van der Waals surface area contributed by atoms with Crippen LogP contribution in [0.15, 0.2) is 9.98 Å². The van der Waals surface area contributed by atoms with Crippen LogP contribution in [0.5, 0.6) is 0 Å². The van der Waals surface area contributed by atoms with E-state index in [0.29, 0.717) is 0 Å². The molecule has 0 atom stereocenters. The van der Waals surface area contributed by atoms with Crippen LogP contribution in [0.25, 0.3) is 0 Å². The fraction of sp³-hybridized carbons (Fsp3) is 0.750. The SMILES string of the molecule is CN=C(C)[N](C)[Ge][N](C)C(C)=NC. The summed E-state index contributed by atoms with van der Waals surface area (Å²) in [6.45, 7) is 4.05. The van der Waals surface area contributed by atoms with E-state index >= 15 is 0 Å². The first-order chi connectivity index (χ1) is 6.02. The number of nitrogens with zero attached hydrogens (tertiary/aromatic N) is 4. The third-order valence-electron chi connectivity index (χ3n) is 1.92. The van der Waals surface area contributed by atoms with Crippen LogP contribution in [0, 0.1) is 0 Å². The summed E-state index contributed by atoms with van der Waals surface area (Å²) < 4.78 is 4.41. The normalized spacial score (nSPS) is 13.1. The zero-order chi connectivity index (χ0) is 10.4. The second kappa shape index (κ2) is 6.02. The molecule has 0 aromatic heterocycles. The molecule has 0 aliphatic rings. The quantitative estimate of drug-likeness (QED) is 0.401. The predicted molar refractivity (Wildman–Crippen MR) is 59.3 cm³/mol.